The van der Waals surface area contributed by atoms with Crippen LogP contribution < -0.4 is 9.64 Å². The third kappa shape index (κ3) is 5.01. The minimum Gasteiger partial charge on any atom is -0.439 e. The Bertz CT molecular complexity index is 1930. The number of nitrogens with zero attached hydrogens (tertiary/aromatic N) is 2. The first-order valence-corrected chi connectivity index (χ1v) is 14.6. The monoisotopic (exact) mass is 566 g/mol. The molecule has 0 aliphatic carbocycles. The van der Waals surface area contributed by atoms with E-state index in [1.165, 1.54) is 0 Å². The standard InChI is InChI=1S/C37H30N2O4/c1-3-4-21-39-29-23-27(25-11-7-5-8-12-25)16-18-31(29)41-33(39)20-19-32-34(26-13-9-6-10-14-26)35(37(40)43-32)36-38-28-22-24(2)15-17-30(28)42-36/h5-20,22-23H,3-4,21H2,1-2H3/b32-19-,33-20-. The van der Waals surface area contributed by atoms with Crippen molar-refractivity contribution in [3.8, 4) is 16.9 Å². The number of rotatable bonds is 7. The van der Waals surface area contributed by atoms with Crippen LogP contribution in [0.25, 0.3) is 33.4 Å². The number of esters is 1. The molecule has 0 saturated carbocycles. The minimum absolute atomic E-state index is 0.239. The Kier molecular flexibility index (Phi) is 6.87. The highest BCUT2D eigenvalue weighted by molar-refractivity contribution is 6.29. The summed E-state index contributed by atoms with van der Waals surface area (Å²) in [6, 6.07) is 32.1. The number of aryl methyl sites for hydroxylation is 1. The zero-order chi connectivity index (χ0) is 29.3. The van der Waals surface area contributed by atoms with Gasteiger partial charge in [-0.1, -0.05) is 86.1 Å². The topological polar surface area (TPSA) is 64.8 Å². The number of carbonyl (C=O) groups is 1. The lowest BCUT2D eigenvalue weighted by molar-refractivity contribution is -0.131. The molecular formula is C37H30N2O4. The maximum Gasteiger partial charge on any atom is 0.349 e. The second-order valence-electron chi connectivity index (χ2n) is 10.7. The van der Waals surface area contributed by atoms with Crippen molar-refractivity contribution in [2.24, 2.45) is 0 Å². The van der Waals surface area contributed by atoms with E-state index in [9.17, 15) is 4.79 Å². The van der Waals surface area contributed by atoms with E-state index in [4.69, 9.17) is 13.9 Å². The predicted octanol–water partition coefficient (Wildman–Crippen LogP) is 8.70. The number of unbranched alkanes of at least 4 members (excludes halogenated alkanes) is 1. The summed E-state index contributed by atoms with van der Waals surface area (Å²) in [4.78, 5) is 20.2. The summed E-state index contributed by atoms with van der Waals surface area (Å²) < 4.78 is 18.3. The number of allylic oxidation sites excluding steroid dienone is 3. The summed E-state index contributed by atoms with van der Waals surface area (Å²) in [7, 11) is 0. The fraction of sp³-hybridized carbons (Fsp3) is 0.135. The van der Waals surface area contributed by atoms with Crippen LogP contribution in [0.1, 0.15) is 36.8 Å². The largest absolute Gasteiger partial charge is 0.439 e. The van der Waals surface area contributed by atoms with Gasteiger partial charge in [0.15, 0.2) is 11.3 Å². The van der Waals surface area contributed by atoms with Crippen LogP contribution in [0.3, 0.4) is 0 Å². The highest BCUT2D eigenvalue weighted by Gasteiger charge is 2.35. The molecule has 0 radical (unpaired) electrons. The van der Waals surface area contributed by atoms with Gasteiger partial charge in [-0.05, 0) is 65.9 Å². The number of anilines is 1. The van der Waals surface area contributed by atoms with Crippen molar-refractivity contribution >= 4 is 33.9 Å². The second-order valence-corrected chi connectivity index (χ2v) is 10.7. The molecule has 212 valence electrons. The van der Waals surface area contributed by atoms with Gasteiger partial charge in [-0.3, -0.25) is 0 Å². The Morgan fingerprint density at radius 1 is 0.791 bits per heavy atom. The lowest BCUT2D eigenvalue weighted by atomic mass is 9.99. The van der Waals surface area contributed by atoms with E-state index < -0.39 is 5.97 Å². The summed E-state index contributed by atoms with van der Waals surface area (Å²) in [5.41, 5.74) is 7.43. The van der Waals surface area contributed by atoms with Crippen molar-refractivity contribution in [2.45, 2.75) is 26.7 Å². The Labute approximate surface area is 250 Å². The third-order valence-electron chi connectivity index (χ3n) is 7.67. The quantitative estimate of drug-likeness (QED) is 0.184. The van der Waals surface area contributed by atoms with Crippen molar-refractivity contribution < 1.29 is 18.7 Å². The average Bonchev–Trinajstić information content (AvgIpc) is 3.71. The molecule has 0 fully saturated rings. The molecule has 6 nitrogen and oxygen atoms in total. The van der Waals surface area contributed by atoms with Crippen molar-refractivity contribution in [1.29, 1.82) is 0 Å². The van der Waals surface area contributed by atoms with E-state index >= 15 is 0 Å². The first-order chi connectivity index (χ1) is 21.1. The number of cyclic esters (lactones) is 1. The molecule has 5 aromatic rings. The first-order valence-electron chi connectivity index (χ1n) is 14.6. The van der Waals surface area contributed by atoms with Crippen molar-refractivity contribution in [3.05, 3.63) is 138 Å². The van der Waals surface area contributed by atoms with Crippen molar-refractivity contribution in [3.63, 3.8) is 0 Å². The molecule has 0 N–H and O–H groups in total. The smallest absolute Gasteiger partial charge is 0.349 e. The van der Waals surface area contributed by atoms with Crippen molar-refractivity contribution in [1.82, 2.24) is 4.98 Å². The zero-order valence-electron chi connectivity index (χ0n) is 24.0. The van der Waals surface area contributed by atoms with Crippen LogP contribution in [-0.4, -0.2) is 17.5 Å². The SMILES string of the molecule is CCCCN1/C(=C/C=C2\OC(=O)C(c3nc4cc(C)ccc4o3)=C2c2ccccc2)Oc2ccc(-c3ccccc3)cc21. The summed E-state index contributed by atoms with van der Waals surface area (Å²) in [6.45, 7) is 4.97. The maximum atomic E-state index is 13.4. The van der Waals surface area contributed by atoms with Crippen LogP contribution >= 0.6 is 0 Å². The van der Waals surface area contributed by atoms with Crippen LogP contribution in [0, 0.1) is 6.92 Å². The molecule has 2 aliphatic rings. The average molecular weight is 567 g/mol. The maximum absolute atomic E-state index is 13.4. The van der Waals surface area contributed by atoms with Gasteiger partial charge in [0.1, 0.15) is 16.8 Å². The highest BCUT2D eigenvalue weighted by atomic mass is 16.5. The number of hydrogen-bond donors (Lipinski definition) is 0. The fourth-order valence-electron chi connectivity index (χ4n) is 5.50. The van der Waals surface area contributed by atoms with Gasteiger partial charge < -0.3 is 18.8 Å². The molecule has 0 unspecified atom stereocenters. The van der Waals surface area contributed by atoms with E-state index in [-0.39, 0.29) is 5.89 Å². The summed E-state index contributed by atoms with van der Waals surface area (Å²) in [6.07, 6.45) is 5.72. The predicted molar refractivity (Wildman–Crippen MR) is 169 cm³/mol. The third-order valence-corrected chi connectivity index (χ3v) is 7.67. The number of oxazole rings is 1. The van der Waals surface area contributed by atoms with E-state index in [0.717, 1.165) is 53.1 Å². The van der Waals surface area contributed by atoms with Crippen LogP contribution in [0.4, 0.5) is 5.69 Å². The Hall–Kier alpha value is -5.36. The molecule has 0 saturated heterocycles. The molecule has 0 spiro atoms. The van der Waals surface area contributed by atoms with E-state index in [2.05, 4.69) is 41.1 Å². The molecule has 6 heteroatoms. The number of ether oxygens (including phenoxy) is 2. The summed E-state index contributed by atoms with van der Waals surface area (Å²) >= 11 is 0. The van der Waals surface area contributed by atoms with Gasteiger partial charge in [0.25, 0.3) is 0 Å². The molecule has 43 heavy (non-hydrogen) atoms. The lowest BCUT2D eigenvalue weighted by Gasteiger charge is -2.18. The van der Waals surface area contributed by atoms with Crippen LogP contribution in [-0.2, 0) is 9.53 Å². The van der Waals surface area contributed by atoms with Gasteiger partial charge in [-0.2, -0.15) is 0 Å². The first kappa shape index (κ1) is 26.5. The van der Waals surface area contributed by atoms with Crippen LogP contribution in [0.5, 0.6) is 5.75 Å². The van der Waals surface area contributed by atoms with Gasteiger partial charge in [0, 0.05) is 18.2 Å². The second kappa shape index (κ2) is 11.1. The molecule has 3 heterocycles. The number of hydrogen-bond acceptors (Lipinski definition) is 6. The molecule has 7 rings (SSSR count). The van der Waals surface area contributed by atoms with Gasteiger partial charge in [-0.15, -0.1) is 0 Å². The summed E-state index contributed by atoms with van der Waals surface area (Å²) in [5, 5.41) is 0. The van der Waals surface area contributed by atoms with E-state index in [0.29, 0.717) is 33.9 Å². The number of benzene rings is 4. The molecule has 2 aliphatic heterocycles. The molecular weight excluding hydrogens is 536 g/mol. The van der Waals surface area contributed by atoms with Gasteiger partial charge in [-0.25, -0.2) is 9.78 Å². The van der Waals surface area contributed by atoms with Crippen LogP contribution in [0.2, 0.25) is 0 Å². The Morgan fingerprint density at radius 3 is 2.33 bits per heavy atom. The molecule has 0 atom stereocenters. The Morgan fingerprint density at radius 2 is 1.56 bits per heavy atom. The van der Waals surface area contributed by atoms with Gasteiger partial charge >= 0.3 is 5.97 Å². The minimum atomic E-state index is -0.502. The highest BCUT2D eigenvalue weighted by Crippen LogP contribution is 2.43. The number of carbonyl (C=O) groups excluding carboxylic acids is 1. The Balaban J connectivity index is 1.31. The zero-order valence-corrected chi connectivity index (χ0v) is 24.0. The summed E-state index contributed by atoms with van der Waals surface area (Å²) in [5.74, 6) is 1.62. The van der Waals surface area contributed by atoms with Gasteiger partial charge in [0.2, 0.25) is 11.8 Å². The normalized spacial score (nSPS) is 16.3. The number of aromatic nitrogens is 1. The molecule has 4 aromatic carbocycles. The fourth-order valence-corrected chi connectivity index (χ4v) is 5.50. The molecule has 1 aromatic heterocycles. The van der Waals surface area contributed by atoms with E-state index in [1.54, 1.807) is 6.08 Å². The van der Waals surface area contributed by atoms with Gasteiger partial charge in [0.05, 0.1) is 5.69 Å². The van der Waals surface area contributed by atoms with Crippen molar-refractivity contribution in [2.75, 3.05) is 11.4 Å². The molecule has 0 amide bonds. The number of fused-ring (bicyclic) bond motifs is 2. The van der Waals surface area contributed by atoms with E-state index in [1.807, 2.05) is 85.8 Å². The lowest BCUT2D eigenvalue weighted by Crippen LogP contribution is -2.21. The molecule has 0 bridgehead atoms. The van der Waals surface area contributed by atoms with Crippen LogP contribution in [0.15, 0.2) is 125 Å².